The molecule has 0 spiro atoms. The number of imide groups is 1. The molecule has 1 saturated heterocycles. The monoisotopic (exact) mass is 523 g/mol. The maximum absolute atomic E-state index is 12.9. The number of thioether (sulfide) groups is 1. The molecule has 1 aliphatic rings. The molecule has 6 nitrogen and oxygen atoms in total. The molecule has 1 aliphatic heterocycles. The number of aryl methyl sites for hydroxylation is 1. The van der Waals surface area contributed by atoms with Gasteiger partial charge >= 0.3 is 0 Å². The normalized spacial score (nSPS) is 14.4. The molecule has 0 bridgehead atoms. The number of nitrogens with zero attached hydrogens (tertiary/aromatic N) is 1. The third-order valence-electron chi connectivity index (χ3n) is 5.46. The molecule has 1 heterocycles. The minimum atomic E-state index is -0.365. The van der Waals surface area contributed by atoms with Gasteiger partial charge in [0.25, 0.3) is 11.1 Å². The highest BCUT2D eigenvalue weighted by atomic mass is 35.5. The van der Waals surface area contributed by atoms with E-state index in [0.29, 0.717) is 46.0 Å². The maximum Gasteiger partial charge on any atom is 0.293 e. The molecule has 0 aromatic heterocycles. The number of rotatable bonds is 10. The molecular weight excluding hydrogens is 498 g/mol. The fourth-order valence-corrected chi connectivity index (χ4v) is 4.75. The van der Waals surface area contributed by atoms with Gasteiger partial charge in [-0.05, 0) is 72.6 Å². The Morgan fingerprint density at radius 1 is 0.972 bits per heavy atom. The molecular formula is C28H26ClNO5S. The van der Waals surface area contributed by atoms with Crippen LogP contribution in [-0.2, 0) is 11.4 Å². The van der Waals surface area contributed by atoms with Gasteiger partial charge in [-0.2, -0.15) is 0 Å². The molecule has 4 rings (SSSR count). The average molecular weight is 524 g/mol. The van der Waals surface area contributed by atoms with Gasteiger partial charge in [0.1, 0.15) is 19.0 Å². The van der Waals surface area contributed by atoms with Gasteiger partial charge in [-0.3, -0.25) is 14.5 Å². The first-order valence-electron chi connectivity index (χ1n) is 11.5. The number of hydrogen-bond donors (Lipinski definition) is 0. The molecule has 0 atom stereocenters. The van der Waals surface area contributed by atoms with Crippen LogP contribution in [0.1, 0.15) is 23.6 Å². The number of benzene rings is 3. The molecule has 3 aromatic rings. The van der Waals surface area contributed by atoms with Crippen molar-refractivity contribution < 1.29 is 23.8 Å². The number of hydrogen-bond acceptors (Lipinski definition) is 6. The quantitative estimate of drug-likeness (QED) is 0.274. The van der Waals surface area contributed by atoms with Gasteiger partial charge < -0.3 is 14.2 Å². The van der Waals surface area contributed by atoms with E-state index >= 15 is 0 Å². The molecule has 0 saturated carbocycles. The number of carbonyl (C=O) groups excluding carboxylic acids is 2. The first-order valence-corrected chi connectivity index (χ1v) is 12.7. The van der Waals surface area contributed by atoms with Crippen molar-refractivity contribution in [3.63, 3.8) is 0 Å². The van der Waals surface area contributed by atoms with E-state index in [2.05, 4.69) is 0 Å². The van der Waals surface area contributed by atoms with Crippen molar-refractivity contribution >= 4 is 40.6 Å². The van der Waals surface area contributed by atoms with Crippen molar-refractivity contribution in [1.29, 1.82) is 0 Å². The van der Waals surface area contributed by atoms with Crippen molar-refractivity contribution in [3.05, 3.63) is 93.3 Å². The standard InChI is InChI=1S/C28H26ClNO5S/c1-3-33-24-16-20(15-23(29)26(24)35-18-21-10-8-7-9-19(21)2)17-25-27(31)30(28(32)36-25)13-14-34-22-11-5-4-6-12-22/h4-12,15-17H,3,13-14,18H2,1-2H3/b25-17-. The van der Waals surface area contributed by atoms with Gasteiger partial charge in [-0.15, -0.1) is 0 Å². The Labute approximate surface area is 219 Å². The van der Waals surface area contributed by atoms with Gasteiger partial charge in [-0.25, -0.2) is 0 Å². The van der Waals surface area contributed by atoms with Crippen LogP contribution in [0.15, 0.2) is 71.6 Å². The summed E-state index contributed by atoms with van der Waals surface area (Å²) in [4.78, 5) is 26.9. The summed E-state index contributed by atoms with van der Waals surface area (Å²) < 4.78 is 17.4. The lowest BCUT2D eigenvalue weighted by Crippen LogP contribution is -2.32. The molecule has 3 aromatic carbocycles. The van der Waals surface area contributed by atoms with E-state index in [0.717, 1.165) is 22.9 Å². The van der Waals surface area contributed by atoms with Gasteiger partial charge in [0, 0.05) is 0 Å². The second-order valence-electron chi connectivity index (χ2n) is 7.97. The fourth-order valence-electron chi connectivity index (χ4n) is 3.61. The Hall–Kier alpha value is -3.42. The highest BCUT2D eigenvalue weighted by molar-refractivity contribution is 8.18. The van der Waals surface area contributed by atoms with Crippen LogP contribution in [0.4, 0.5) is 4.79 Å². The van der Waals surface area contributed by atoms with E-state index in [1.165, 1.54) is 4.90 Å². The molecule has 0 radical (unpaired) electrons. The molecule has 0 aliphatic carbocycles. The highest BCUT2D eigenvalue weighted by Gasteiger charge is 2.35. The fraction of sp³-hybridized carbons (Fsp3) is 0.214. The van der Waals surface area contributed by atoms with Crippen LogP contribution in [0, 0.1) is 6.92 Å². The maximum atomic E-state index is 12.9. The number of ether oxygens (including phenoxy) is 3. The minimum Gasteiger partial charge on any atom is -0.492 e. The number of amides is 2. The lowest BCUT2D eigenvalue weighted by molar-refractivity contribution is -0.123. The van der Waals surface area contributed by atoms with Crippen LogP contribution in [0.2, 0.25) is 5.02 Å². The predicted molar refractivity (Wildman–Crippen MR) is 143 cm³/mol. The van der Waals surface area contributed by atoms with Crippen LogP contribution in [-0.4, -0.2) is 35.8 Å². The Kier molecular flexibility index (Phi) is 8.57. The highest BCUT2D eigenvalue weighted by Crippen LogP contribution is 2.39. The largest absolute Gasteiger partial charge is 0.492 e. The van der Waals surface area contributed by atoms with Gasteiger partial charge in [0.2, 0.25) is 0 Å². The van der Waals surface area contributed by atoms with Crippen molar-refractivity contribution in [3.8, 4) is 17.2 Å². The summed E-state index contributed by atoms with van der Waals surface area (Å²) in [7, 11) is 0. The number of carbonyl (C=O) groups is 2. The van der Waals surface area contributed by atoms with Gasteiger partial charge in [0.05, 0.1) is 23.1 Å². The Balaban J connectivity index is 1.47. The second kappa shape index (κ2) is 12.0. The molecule has 0 N–H and O–H groups in total. The molecule has 186 valence electrons. The van der Waals surface area contributed by atoms with Gasteiger partial charge in [0.15, 0.2) is 11.5 Å². The Morgan fingerprint density at radius 2 is 1.72 bits per heavy atom. The van der Waals surface area contributed by atoms with Crippen molar-refractivity contribution in [2.24, 2.45) is 0 Å². The second-order valence-corrected chi connectivity index (χ2v) is 9.37. The Morgan fingerprint density at radius 3 is 2.47 bits per heavy atom. The van der Waals surface area contributed by atoms with Crippen molar-refractivity contribution in [2.45, 2.75) is 20.5 Å². The zero-order chi connectivity index (χ0) is 25.5. The van der Waals surface area contributed by atoms with E-state index in [9.17, 15) is 9.59 Å². The SMILES string of the molecule is CCOc1cc(/C=C2\SC(=O)N(CCOc3ccccc3)C2=O)cc(Cl)c1OCc1ccccc1C. The van der Waals surface area contributed by atoms with E-state index in [4.69, 9.17) is 25.8 Å². The van der Waals surface area contributed by atoms with E-state index in [1.54, 1.807) is 18.2 Å². The average Bonchev–Trinajstić information content (AvgIpc) is 3.12. The first-order chi connectivity index (χ1) is 17.5. The topological polar surface area (TPSA) is 65.1 Å². The molecule has 8 heteroatoms. The van der Waals surface area contributed by atoms with Crippen molar-refractivity contribution in [1.82, 2.24) is 4.90 Å². The summed E-state index contributed by atoms with van der Waals surface area (Å²) in [5.74, 6) is 1.23. The van der Waals surface area contributed by atoms with Crippen LogP contribution in [0.3, 0.4) is 0 Å². The van der Waals surface area contributed by atoms with Crippen LogP contribution in [0.25, 0.3) is 6.08 Å². The van der Waals surface area contributed by atoms with E-state index < -0.39 is 0 Å². The summed E-state index contributed by atoms with van der Waals surface area (Å²) in [5, 5.41) is 0.0218. The van der Waals surface area contributed by atoms with Crippen LogP contribution >= 0.6 is 23.4 Å². The third kappa shape index (κ3) is 6.22. The van der Waals surface area contributed by atoms with E-state index in [-0.39, 0.29) is 24.3 Å². The van der Waals surface area contributed by atoms with Gasteiger partial charge in [-0.1, -0.05) is 54.1 Å². The zero-order valence-corrected chi connectivity index (χ0v) is 21.6. The summed E-state index contributed by atoms with van der Waals surface area (Å²) in [6.45, 7) is 5.02. The van der Waals surface area contributed by atoms with E-state index in [1.807, 2.05) is 68.4 Å². The smallest absolute Gasteiger partial charge is 0.293 e. The lowest BCUT2D eigenvalue weighted by atomic mass is 10.1. The molecule has 36 heavy (non-hydrogen) atoms. The molecule has 1 fully saturated rings. The number of para-hydroxylation sites is 1. The summed E-state index contributed by atoms with van der Waals surface area (Å²) in [5.41, 5.74) is 2.80. The minimum absolute atomic E-state index is 0.160. The first kappa shape index (κ1) is 25.7. The zero-order valence-electron chi connectivity index (χ0n) is 20.0. The number of halogens is 1. The predicted octanol–water partition coefficient (Wildman–Crippen LogP) is 6.74. The summed E-state index contributed by atoms with van der Waals surface area (Å²) in [6, 6.07) is 20.7. The van der Waals surface area contributed by atoms with Crippen LogP contribution < -0.4 is 14.2 Å². The Bertz CT molecular complexity index is 1280. The molecule has 2 amide bonds. The molecule has 0 unspecified atom stereocenters. The summed E-state index contributed by atoms with van der Waals surface area (Å²) >= 11 is 7.45. The van der Waals surface area contributed by atoms with Crippen LogP contribution in [0.5, 0.6) is 17.2 Å². The summed E-state index contributed by atoms with van der Waals surface area (Å²) in [6.07, 6.45) is 1.64. The van der Waals surface area contributed by atoms with Crippen molar-refractivity contribution in [2.75, 3.05) is 19.8 Å². The third-order valence-corrected chi connectivity index (χ3v) is 6.65. The lowest BCUT2D eigenvalue weighted by Gasteiger charge is -2.15.